The zero-order chi connectivity index (χ0) is 20.3. The molecule has 138 valence electrons. The Morgan fingerprint density at radius 2 is 1.71 bits per heavy atom. The topological polar surface area (TPSA) is 89.8 Å². The summed E-state index contributed by atoms with van der Waals surface area (Å²) in [6.45, 7) is 1.96. The van der Waals surface area contributed by atoms with Crippen molar-refractivity contribution >= 4 is 17.7 Å². The maximum atomic E-state index is 11.9. The van der Waals surface area contributed by atoms with Gasteiger partial charge in [-0.15, -0.1) is 11.8 Å². The number of carboxylic acid groups (broad SMARTS) is 1. The standard InChI is InChI=1S/C22H17N3O2S/c1-3-28-21-18(13-24)19(20(22(26)27)25(21)2)15-10-8-14(9-11-15)17-7-5-4-6-16(17)12-23/h4-11H,3H2,1-2H3,(H,26,27). The molecule has 0 saturated heterocycles. The quantitative estimate of drug-likeness (QED) is 0.628. The van der Waals surface area contributed by atoms with Crippen LogP contribution in [0, 0.1) is 22.7 Å². The van der Waals surface area contributed by atoms with Crippen molar-refractivity contribution < 1.29 is 9.90 Å². The molecule has 0 fully saturated rings. The molecule has 6 heteroatoms. The van der Waals surface area contributed by atoms with Gasteiger partial charge < -0.3 is 9.67 Å². The number of hydrogen-bond donors (Lipinski definition) is 1. The number of nitrogens with zero attached hydrogens (tertiary/aromatic N) is 3. The first kappa shape index (κ1) is 19.3. The van der Waals surface area contributed by atoms with Gasteiger partial charge in [-0.1, -0.05) is 49.4 Å². The van der Waals surface area contributed by atoms with Crippen LogP contribution in [0.5, 0.6) is 0 Å². The predicted octanol–water partition coefficient (Wildman–Crippen LogP) is 4.91. The van der Waals surface area contributed by atoms with Gasteiger partial charge in [0.1, 0.15) is 11.8 Å². The summed E-state index contributed by atoms with van der Waals surface area (Å²) < 4.78 is 1.57. The molecule has 3 aromatic rings. The number of carboxylic acids is 1. The predicted molar refractivity (Wildman–Crippen MR) is 109 cm³/mol. The first-order chi connectivity index (χ1) is 13.5. The lowest BCUT2D eigenvalue weighted by atomic mass is 9.96. The maximum absolute atomic E-state index is 11.9. The number of hydrogen-bond acceptors (Lipinski definition) is 4. The van der Waals surface area contributed by atoms with E-state index in [0.29, 0.717) is 27.3 Å². The molecule has 0 atom stereocenters. The number of thioether (sulfide) groups is 1. The number of rotatable bonds is 5. The average molecular weight is 387 g/mol. The Hall–Kier alpha value is -3.48. The van der Waals surface area contributed by atoms with Gasteiger partial charge in [0.25, 0.3) is 0 Å². The van der Waals surface area contributed by atoms with Gasteiger partial charge in [-0.2, -0.15) is 10.5 Å². The molecule has 28 heavy (non-hydrogen) atoms. The lowest BCUT2D eigenvalue weighted by Gasteiger charge is -2.07. The minimum atomic E-state index is -1.07. The number of aromatic nitrogens is 1. The summed E-state index contributed by atoms with van der Waals surface area (Å²) in [6.07, 6.45) is 0. The van der Waals surface area contributed by atoms with Crippen molar-refractivity contribution in [3.05, 3.63) is 65.4 Å². The molecule has 0 bridgehead atoms. The van der Waals surface area contributed by atoms with Crippen LogP contribution in [-0.2, 0) is 7.05 Å². The molecule has 3 rings (SSSR count). The molecule has 1 aromatic heterocycles. The third-order valence-electron chi connectivity index (χ3n) is 4.47. The fourth-order valence-corrected chi connectivity index (χ4v) is 4.10. The molecule has 0 radical (unpaired) electrons. The van der Waals surface area contributed by atoms with Gasteiger partial charge in [-0.05, 0) is 28.5 Å². The Labute approximate surface area is 167 Å². The first-order valence-electron chi connectivity index (χ1n) is 8.62. The zero-order valence-electron chi connectivity index (χ0n) is 15.4. The summed E-state index contributed by atoms with van der Waals surface area (Å²) in [6, 6.07) is 19.0. The minimum Gasteiger partial charge on any atom is -0.477 e. The Bertz CT molecular complexity index is 1130. The maximum Gasteiger partial charge on any atom is 0.353 e. The highest BCUT2D eigenvalue weighted by atomic mass is 32.2. The van der Waals surface area contributed by atoms with Crippen LogP contribution >= 0.6 is 11.8 Å². The van der Waals surface area contributed by atoms with Crippen molar-refractivity contribution in [2.75, 3.05) is 5.75 Å². The van der Waals surface area contributed by atoms with Gasteiger partial charge >= 0.3 is 5.97 Å². The largest absolute Gasteiger partial charge is 0.477 e. The average Bonchev–Trinajstić information content (AvgIpc) is 3.00. The molecule has 0 amide bonds. The van der Waals surface area contributed by atoms with E-state index >= 15 is 0 Å². The Kier molecular flexibility index (Phi) is 5.54. The van der Waals surface area contributed by atoms with Crippen LogP contribution in [0.2, 0.25) is 0 Å². The lowest BCUT2D eigenvalue weighted by Crippen LogP contribution is -2.06. The summed E-state index contributed by atoms with van der Waals surface area (Å²) in [7, 11) is 1.67. The molecule has 5 nitrogen and oxygen atoms in total. The number of nitriles is 2. The van der Waals surface area contributed by atoms with Gasteiger partial charge in [0, 0.05) is 12.6 Å². The van der Waals surface area contributed by atoms with Crippen LogP contribution in [0.25, 0.3) is 22.3 Å². The van der Waals surface area contributed by atoms with Crippen molar-refractivity contribution in [1.29, 1.82) is 10.5 Å². The Balaban J connectivity index is 2.17. The van der Waals surface area contributed by atoms with Gasteiger partial charge in [-0.25, -0.2) is 4.79 Å². The monoisotopic (exact) mass is 387 g/mol. The highest BCUT2D eigenvalue weighted by molar-refractivity contribution is 7.99. The third-order valence-corrected chi connectivity index (χ3v) is 5.51. The number of carbonyl (C=O) groups is 1. The zero-order valence-corrected chi connectivity index (χ0v) is 16.2. The lowest BCUT2D eigenvalue weighted by molar-refractivity contribution is 0.0686. The van der Waals surface area contributed by atoms with Crippen LogP contribution < -0.4 is 0 Å². The van der Waals surface area contributed by atoms with E-state index < -0.39 is 5.97 Å². The molecule has 0 saturated carbocycles. The van der Waals surface area contributed by atoms with Gasteiger partial charge in [0.15, 0.2) is 0 Å². The molecule has 1 N–H and O–H groups in total. The van der Waals surface area contributed by atoms with E-state index in [2.05, 4.69) is 12.1 Å². The fraction of sp³-hybridized carbons (Fsp3) is 0.136. The molecule has 0 spiro atoms. The minimum absolute atomic E-state index is 0.0951. The molecule has 2 aromatic carbocycles. The molecule has 1 heterocycles. The van der Waals surface area contributed by atoms with Crippen molar-refractivity contribution in [2.24, 2.45) is 7.05 Å². The highest BCUT2D eigenvalue weighted by Crippen LogP contribution is 2.37. The van der Waals surface area contributed by atoms with E-state index in [0.717, 1.165) is 16.9 Å². The Morgan fingerprint density at radius 3 is 2.29 bits per heavy atom. The molecule has 0 aliphatic heterocycles. The molecule has 0 aliphatic carbocycles. The third kappa shape index (κ3) is 3.26. The van der Waals surface area contributed by atoms with Gasteiger partial charge in [-0.3, -0.25) is 0 Å². The van der Waals surface area contributed by atoms with Crippen LogP contribution in [-0.4, -0.2) is 21.4 Å². The first-order valence-corrected chi connectivity index (χ1v) is 9.60. The molecular formula is C22H17N3O2S. The van der Waals surface area contributed by atoms with E-state index in [1.165, 1.54) is 11.8 Å². The summed E-state index contributed by atoms with van der Waals surface area (Å²) in [5, 5.41) is 29.4. The molecule has 0 aliphatic rings. The fourth-order valence-electron chi connectivity index (χ4n) is 3.25. The van der Waals surface area contributed by atoms with Crippen molar-refractivity contribution in [1.82, 2.24) is 4.57 Å². The van der Waals surface area contributed by atoms with E-state index in [1.54, 1.807) is 29.8 Å². The normalized spacial score (nSPS) is 10.3. The highest BCUT2D eigenvalue weighted by Gasteiger charge is 2.26. The smallest absolute Gasteiger partial charge is 0.353 e. The van der Waals surface area contributed by atoms with Gasteiger partial charge in [0.2, 0.25) is 0 Å². The summed E-state index contributed by atoms with van der Waals surface area (Å²) >= 11 is 1.45. The van der Waals surface area contributed by atoms with Crippen LogP contribution in [0.15, 0.2) is 53.6 Å². The number of benzene rings is 2. The van der Waals surface area contributed by atoms with E-state index in [-0.39, 0.29) is 5.69 Å². The van der Waals surface area contributed by atoms with E-state index in [9.17, 15) is 20.4 Å². The van der Waals surface area contributed by atoms with Crippen LogP contribution in [0.4, 0.5) is 0 Å². The second kappa shape index (κ2) is 8.04. The molecular weight excluding hydrogens is 370 g/mol. The second-order valence-electron chi connectivity index (χ2n) is 6.05. The molecule has 0 unspecified atom stereocenters. The number of aromatic carboxylic acids is 1. The second-order valence-corrected chi connectivity index (χ2v) is 7.30. The van der Waals surface area contributed by atoms with Crippen LogP contribution in [0.3, 0.4) is 0 Å². The van der Waals surface area contributed by atoms with Crippen molar-refractivity contribution in [3.63, 3.8) is 0 Å². The van der Waals surface area contributed by atoms with E-state index in [4.69, 9.17) is 0 Å². The summed E-state index contributed by atoms with van der Waals surface area (Å²) in [4.78, 5) is 11.9. The van der Waals surface area contributed by atoms with Gasteiger partial charge in [0.05, 0.1) is 22.2 Å². The van der Waals surface area contributed by atoms with Crippen molar-refractivity contribution in [3.8, 4) is 34.4 Å². The SMILES string of the molecule is CCSc1c(C#N)c(-c2ccc(-c3ccccc3C#N)cc2)c(C(=O)O)n1C. The summed E-state index contributed by atoms with van der Waals surface area (Å²) in [5.74, 6) is -0.342. The van der Waals surface area contributed by atoms with Crippen LogP contribution in [0.1, 0.15) is 28.5 Å². The Morgan fingerprint density at radius 1 is 1.07 bits per heavy atom. The van der Waals surface area contributed by atoms with Crippen molar-refractivity contribution in [2.45, 2.75) is 11.9 Å². The summed E-state index contributed by atoms with van der Waals surface area (Å²) in [5.41, 5.74) is 3.79. The van der Waals surface area contributed by atoms with E-state index in [1.807, 2.05) is 37.3 Å².